The number of alkyl halides is 1. The summed E-state index contributed by atoms with van der Waals surface area (Å²) in [5, 5.41) is -0.0211. The number of halogens is 1. The highest BCUT2D eigenvalue weighted by atomic mass is 35.5. The number of nitrogens with zero attached hydrogens (tertiary/aromatic N) is 1. The van der Waals surface area contributed by atoms with Crippen LogP contribution in [0.25, 0.3) is 0 Å². The van der Waals surface area contributed by atoms with Crippen molar-refractivity contribution in [2.24, 2.45) is 5.92 Å². The molecule has 0 radical (unpaired) electrons. The van der Waals surface area contributed by atoms with Crippen LogP contribution in [0.2, 0.25) is 0 Å². The zero-order valence-corrected chi connectivity index (χ0v) is 13.5. The monoisotopic (exact) mass is 321 g/mol. The molecule has 4 nitrogen and oxygen atoms in total. The van der Waals surface area contributed by atoms with Crippen LogP contribution in [0.3, 0.4) is 0 Å². The number of anilines is 1. The van der Waals surface area contributed by atoms with Crippen LogP contribution >= 0.6 is 11.6 Å². The summed E-state index contributed by atoms with van der Waals surface area (Å²) in [5.74, 6) is -0.111. The SMILES string of the molecule is CC(C)c1ccc(N2C(=O)OC3CCC(Cl)CC3C2=O)cc1. The number of carbonyl (C=O) groups excluding carboxylic acids is 2. The second-order valence-electron chi connectivity index (χ2n) is 6.36. The number of rotatable bonds is 2. The summed E-state index contributed by atoms with van der Waals surface area (Å²) in [4.78, 5) is 26.1. The average Bonchev–Trinajstić information content (AvgIpc) is 2.49. The van der Waals surface area contributed by atoms with Crippen LogP contribution in [0.5, 0.6) is 0 Å². The molecule has 0 bridgehead atoms. The standard InChI is InChI=1S/C17H20ClNO3/c1-10(2)11-3-6-13(7-4-11)19-16(20)14-9-12(18)5-8-15(14)22-17(19)21/h3-4,6-7,10,12,14-15H,5,8-9H2,1-2H3. The average molecular weight is 322 g/mol. The number of hydrogen-bond acceptors (Lipinski definition) is 3. The molecule has 5 heteroatoms. The molecular weight excluding hydrogens is 302 g/mol. The molecule has 1 saturated carbocycles. The second kappa shape index (κ2) is 5.92. The van der Waals surface area contributed by atoms with Crippen LogP contribution in [0.15, 0.2) is 24.3 Å². The first-order chi connectivity index (χ1) is 10.5. The lowest BCUT2D eigenvalue weighted by Gasteiger charge is -2.39. The van der Waals surface area contributed by atoms with Crippen molar-refractivity contribution in [3.05, 3.63) is 29.8 Å². The molecule has 2 fully saturated rings. The largest absolute Gasteiger partial charge is 0.445 e. The van der Waals surface area contributed by atoms with Crippen LogP contribution in [-0.4, -0.2) is 23.5 Å². The molecule has 2 aliphatic rings. The van der Waals surface area contributed by atoms with Gasteiger partial charge in [0.1, 0.15) is 6.10 Å². The highest BCUT2D eigenvalue weighted by Gasteiger charge is 2.46. The zero-order chi connectivity index (χ0) is 15.9. The molecule has 22 heavy (non-hydrogen) atoms. The zero-order valence-electron chi connectivity index (χ0n) is 12.8. The van der Waals surface area contributed by atoms with Crippen LogP contribution in [0, 0.1) is 5.92 Å². The first-order valence-corrected chi connectivity index (χ1v) is 8.19. The Bertz CT molecular complexity index is 584. The fourth-order valence-electron chi connectivity index (χ4n) is 3.17. The molecule has 0 N–H and O–H groups in total. The molecule has 0 aromatic heterocycles. The first kappa shape index (κ1) is 15.3. The Morgan fingerprint density at radius 2 is 1.86 bits per heavy atom. The summed E-state index contributed by atoms with van der Waals surface area (Å²) < 4.78 is 5.46. The predicted molar refractivity (Wildman–Crippen MR) is 85.3 cm³/mol. The Hall–Kier alpha value is -1.55. The Labute approximate surface area is 135 Å². The van der Waals surface area contributed by atoms with Gasteiger partial charge in [-0.25, -0.2) is 9.69 Å². The van der Waals surface area contributed by atoms with E-state index in [2.05, 4.69) is 13.8 Å². The third-order valence-corrected chi connectivity index (χ3v) is 4.91. The quantitative estimate of drug-likeness (QED) is 0.771. The van der Waals surface area contributed by atoms with Gasteiger partial charge in [-0.2, -0.15) is 0 Å². The molecule has 2 amide bonds. The summed E-state index contributed by atoms with van der Waals surface area (Å²) in [5.41, 5.74) is 1.73. The van der Waals surface area contributed by atoms with Gasteiger partial charge in [0.2, 0.25) is 5.91 Å². The van der Waals surface area contributed by atoms with E-state index in [1.165, 1.54) is 0 Å². The highest BCUT2D eigenvalue weighted by Crippen LogP contribution is 2.36. The summed E-state index contributed by atoms with van der Waals surface area (Å²) in [6.45, 7) is 4.20. The molecule has 1 saturated heterocycles. The molecule has 3 unspecified atom stereocenters. The van der Waals surface area contributed by atoms with Crippen molar-refractivity contribution < 1.29 is 14.3 Å². The lowest BCUT2D eigenvalue weighted by Crippen LogP contribution is -2.54. The van der Waals surface area contributed by atoms with E-state index in [1.807, 2.05) is 12.1 Å². The topological polar surface area (TPSA) is 46.6 Å². The number of ether oxygens (including phenoxy) is 1. The smallest absolute Gasteiger partial charge is 0.421 e. The van der Waals surface area contributed by atoms with E-state index < -0.39 is 6.09 Å². The fourth-order valence-corrected chi connectivity index (χ4v) is 3.49. The molecule has 1 aromatic carbocycles. The van der Waals surface area contributed by atoms with E-state index in [0.29, 0.717) is 24.4 Å². The van der Waals surface area contributed by atoms with Gasteiger partial charge in [-0.05, 0) is 42.9 Å². The fraction of sp³-hybridized carbons (Fsp3) is 0.529. The second-order valence-corrected chi connectivity index (χ2v) is 6.98. The van der Waals surface area contributed by atoms with Crippen molar-refractivity contribution in [3.8, 4) is 0 Å². The van der Waals surface area contributed by atoms with Crippen molar-refractivity contribution in [1.29, 1.82) is 0 Å². The van der Waals surface area contributed by atoms with Gasteiger partial charge < -0.3 is 4.74 Å². The van der Waals surface area contributed by atoms with Crippen LogP contribution < -0.4 is 4.90 Å². The molecule has 1 aromatic rings. The molecule has 3 rings (SSSR count). The van der Waals surface area contributed by atoms with Crippen LogP contribution in [0.4, 0.5) is 10.5 Å². The summed E-state index contributed by atoms with van der Waals surface area (Å²) in [6, 6.07) is 7.49. The maximum Gasteiger partial charge on any atom is 0.421 e. The molecule has 3 atom stereocenters. The summed E-state index contributed by atoms with van der Waals surface area (Å²) in [6.07, 6.45) is 1.12. The van der Waals surface area contributed by atoms with Crippen molar-refractivity contribution in [2.75, 3.05) is 4.90 Å². The Balaban J connectivity index is 1.86. The number of carbonyl (C=O) groups is 2. The number of amides is 2. The van der Waals surface area contributed by atoms with Crippen molar-refractivity contribution in [1.82, 2.24) is 0 Å². The molecular formula is C17H20ClNO3. The number of benzene rings is 1. The lowest BCUT2D eigenvalue weighted by molar-refractivity contribution is -0.130. The minimum absolute atomic E-state index is 0.0211. The van der Waals surface area contributed by atoms with Gasteiger partial charge >= 0.3 is 6.09 Å². The third kappa shape index (κ3) is 2.72. The first-order valence-electron chi connectivity index (χ1n) is 7.76. The molecule has 1 aliphatic heterocycles. The van der Waals surface area contributed by atoms with E-state index in [9.17, 15) is 9.59 Å². The van der Waals surface area contributed by atoms with Gasteiger partial charge in [-0.1, -0.05) is 26.0 Å². The summed E-state index contributed by atoms with van der Waals surface area (Å²) in [7, 11) is 0. The molecule has 1 aliphatic carbocycles. The van der Waals surface area contributed by atoms with E-state index in [1.54, 1.807) is 12.1 Å². The minimum Gasteiger partial charge on any atom is -0.445 e. The van der Waals surface area contributed by atoms with E-state index in [4.69, 9.17) is 16.3 Å². The van der Waals surface area contributed by atoms with E-state index >= 15 is 0 Å². The Morgan fingerprint density at radius 3 is 2.50 bits per heavy atom. The molecule has 118 valence electrons. The number of fused-ring (bicyclic) bond motifs is 1. The minimum atomic E-state index is -0.573. The third-order valence-electron chi connectivity index (χ3n) is 4.51. The van der Waals surface area contributed by atoms with Gasteiger partial charge in [0.05, 0.1) is 11.6 Å². The van der Waals surface area contributed by atoms with Crippen molar-refractivity contribution in [2.45, 2.75) is 50.5 Å². The van der Waals surface area contributed by atoms with Gasteiger partial charge in [0.25, 0.3) is 0 Å². The predicted octanol–water partition coefficient (Wildman–Crippen LogP) is 4.07. The van der Waals surface area contributed by atoms with Crippen molar-refractivity contribution in [3.63, 3.8) is 0 Å². The number of imide groups is 1. The van der Waals surface area contributed by atoms with Gasteiger partial charge in [0, 0.05) is 5.38 Å². The van der Waals surface area contributed by atoms with Gasteiger partial charge in [-0.15, -0.1) is 11.6 Å². The van der Waals surface area contributed by atoms with Crippen LogP contribution in [0.1, 0.15) is 44.6 Å². The molecule has 1 heterocycles. The van der Waals surface area contributed by atoms with E-state index in [-0.39, 0.29) is 23.3 Å². The van der Waals surface area contributed by atoms with Crippen molar-refractivity contribution >= 4 is 29.3 Å². The lowest BCUT2D eigenvalue weighted by atomic mass is 9.84. The highest BCUT2D eigenvalue weighted by molar-refractivity contribution is 6.21. The molecule has 0 spiro atoms. The summed E-state index contributed by atoms with van der Waals surface area (Å²) >= 11 is 6.18. The maximum absolute atomic E-state index is 12.7. The van der Waals surface area contributed by atoms with Crippen LogP contribution in [-0.2, 0) is 9.53 Å². The van der Waals surface area contributed by atoms with E-state index in [0.717, 1.165) is 16.9 Å². The Kier molecular flexibility index (Phi) is 4.13. The van der Waals surface area contributed by atoms with Gasteiger partial charge in [0.15, 0.2) is 0 Å². The maximum atomic E-state index is 12.7. The number of hydrogen-bond donors (Lipinski definition) is 0. The normalized spacial score (nSPS) is 28.5. The van der Waals surface area contributed by atoms with Gasteiger partial charge in [-0.3, -0.25) is 4.79 Å². The Morgan fingerprint density at radius 1 is 1.18 bits per heavy atom.